The number of rotatable bonds is 4. The van der Waals surface area contributed by atoms with E-state index in [9.17, 15) is 14.9 Å². The molecule has 1 saturated carbocycles. The molecule has 0 saturated heterocycles. The molecule has 6 nitrogen and oxygen atoms in total. The second-order valence-corrected chi connectivity index (χ2v) is 5.79. The summed E-state index contributed by atoms with van der Waals surface area (Å²) in [4.78, 5) is 23.7. The summed E-state index contributed by atoms with van der Waals surface area (Å²) in [5, 5.41) is 20.3. The quantitative estimate of drug-likeness (QED) is 0.680. The molecular weight excluding hydrogens is 272 g/mol. The van der Waals surface area contributed by atoms with Gasteiger partial charge in [0.25, 0.3) is 5.69 Å². The van der Waals surface area contributed by atoms with Gasteiger partial charge in [-0.2, -0.15) is 0 Å². The van der Waals surface area contributed by atoms with E-state index in [0.29, 0.717) is 11.6 Å². The van der Waals surface area contributed by atoms with Crippen molar-refractivity contribution in [3.63, 3.8) is 0 Å². The lowest BCUT2D eigenvalue weighted by Crippen LogP contribution is -2.35. The number of carbonyl (C=O) groups is 1. The largest absolute Gasteiger partial charge is 0.478 e. The summed E-state index contributed by atoms with van der Waals surface area (Å²) in [7, 11) is 1.81. The molecule has 0 unspecified atom stereocenters. The van der Waals surface area contributed by atoms with Crippen molar-refractivity contribution in [3.8, 4) is 0 Å². The summed E-state index contributed by atoms with van der Waals surface area (Å²) in [6.45, 7) is 2.21. The molecule has 2 rings (SSSR count). The maximum Gasteiger partial charge on any atom is 0.335 e. The lowest BCUT2D eigenvalue weighted by molar-refractivity contribution is -0.384. The van der Waals surface area contributed by atoms with E-state index < -0.39 is 10.9 Å². The molecule has 1 aliphatic rings. The van der Waals surface area contributed by atoms with Crippen LogP contribution in [-0.2, 0) is 0 Å². The van der Waals surface area contributed by atoms with Crippen LogP contribution in [0.1, 0.15) is 43.0 Å². The van der Waals surface area contributed by atoms with Gasteiger partial charge in [0.1, 0.15) is 5.69 Å². The Bertz CT molecular complexity index is 551. The van der Waals surface area contributed by atoms with Gasteiger partial charge in [0, 0.05) is 19.2 Å². The van der Waals surface area contributed by atoms with Gasteiger partial charge in [0.05, 0.1) is 10.5 Å². The Balaban J connectivity index is 2.33. The highest BCUT2D eigenvalue weighted by Gasteiger charge is 2.27. The monoisotopic (exact) mass is 292 g/mol. The molecule has 1 aromatic rings. The highest BCUT2D eigenvalue weighted by molar-refractivity contribution is 5.90. The van der Waals surface area contributed by atoms with Crippen LogP contribution < -0.4 is 4.90 Å². The minimum absolute atomic E-state index is 0.0406. The first kappa shape index (κ1) is 15.3. The number of nitrogens with zero attached hydrogens (tertiary/aromatic N) is 2. The van der Waals surface area contributed by atoms with E-state index in [1.807, 2.05) is 11.9 Å². The zero-order valence-electron chi connectivity index (χ0n) is 12.3. The van der Waals surface area contributed by atoms with Crippen molar-refractivity contribution < 1.29 is 14.8 Å². The lowest BCUT2D eigenvalue weighted by atomic mass is 9.86. The van der Waals surface area contributed by atoms with Crippen LogP contribution in [0.25, 0.3) is 0 Å². The van der Waals surface area contributed by atoms with Crippen LogP contribution in [0.15, 0.2) is 18.2 Å². The van der Waals surface area contributed by atoms with E-state index in [1.165, 1.54) is 18.2 Å². The van der Waals surface area contributed by atoms with Crippen LogP contribution in [0.4, 0.5) is 11.4 Å². The number of carboxylic acids is 1. The summed E-state index contributed by atoms with van der Waals surface area (Å²) in [6.07, 6.45) is 4.15. The number of anilines is 1. The summed E-state index contributed by atoms with van der Waals surface area (Å²) < 4.78 is 0. The molecule has 0 aliphatic heterocycles. The van der Waals surface area contributed by atoms with Gasteiger partial charge in [-0.15, -0.1) is 0 Å². The zero-order chi connectivity index (χ0) is 15.6. The van der Waals surface area contributed by atoms with Crippen molar-refractivity contribution in [2.24, 2.45) is 5.92 Å². The summed E-state index contributed by atoms with van der Waals surface area (Å²) in [6, 6.07) is 4.18. The lowest BCUT2D eigenvalue weighted by Gasteiger charge is -2.34. The fourth-order valence-electron chi connectivity index (χ4n) is 2.92. The molecule has 1 aliphatic carbocycles. The van der Waals surface area contributed by atoms with Gasteiger partial charge in [-0.3, -0.25) is 10.1 Å². The van der Waals surface area contributed by atoms with Gasteiger partial charge >= 0.3 is 5.97 Å². The summed E-state index contributed by atoms with van der Waals surface area (Å²) in [5.74, 6) is -0.383. The maximum atomic E-state index is 11.2. The second-order valence-electron chi connectivity index (χ2n) is 5.79. The molecule has 1 aromatic carbocycles. The molecule has 1 fully saturated rings. The molecule has 0 bridgehead atoms. The predicted octanol–water partition coefficient (Wildman–Crippen LogP) is 3.31. The summed E-state index contributed by atoms with van der Waals surface area (Å²) >= 11 is 0. The number of carboxylic acid groups (broad SMARTS) is 1. The predicted molar refractivity (Wildman–Crippen MR) is 79.9 cm³/mol. The SMILES string of the molecule is CC1CCC(N(C)c2cc(C(=O)O)ccc2[N+](=O)[O-])CC1. The Morgan fingerprint density at radius 2 is 1.95 bits per heavy atom. The van der Waals surface area contributed by atoms with Gasteiger partial charge in [-0.05, 0) is 43.7 Å². The van der Waals surface area contributed by atoms with Crippen LogP contribution in [0, 0.1) is 16.0 Å². The van der Waals surface area contributed by atoms with Crippen LogP contribution in [0.5, 0.6) is 0 Å². The molecule has 114 valence electrons. The van der Waals surface area contributed by atoms with E-state index in [4.69, 9.17) is 5.11 Å². The van der Waals surface area contributed by atoms with E-state index >= 15 is 0 Å². The number of aromatic carboxylic acids is 1. The molecule has 0 spiro atoms. The minimum atomic E-state index is -1.07. The van der Waals surface area contributed by atoms with Crippen molar-refractivity contribution in [1.29, 1.82) is 0 Å². The molecule has 21 heavy (non-hydrogen) atoms. The van der Waals surface area contributed by atoms with Crippen molar-refractivity contribution in [2.75, 3.05) is 11.9 Å². The van der Waals surface area contributed by atoms with Gasteiger partial charge in [0.15, 0.2) is 0 Å². The molecule has 0 atom stereocenters. The van der Waals surface area contributed by atoms with Gasteiger partial charge < -0.3 is 10.0 Å². The van der Waals surface area contributed by atoms with Crippen LogP contribution in [0.3, 0.4) is 0 Å². The number of benzene rings is 1. The highest BCUT2D eigenvalue weighted by atomic mass is 16.6. The molecule has 6 heteroatoms. The first-order chi connectivity index (χ1) is 9.90. The highest BCUT2D eigenvalue weighted by Crippen LogP contribution is 2.34. The van der Waals surface area contributed by atoms with E-state index in [1.54, 1.807) is 0 Å². The van der Waals surface area contributed by atoms with Crippen LogP contribution in [0.2, 0.25) is 0 Å². The van der Waals surface area contributed by atoms with Gasteiger partial charge in [0.2, 0.25) is 0 Å². The van der Waals surface area contributed by atoms with Gasteiger partial charge in [-0.25, -0.2) is 4.79 Å². The van der Waals surface area contributed by atoms with Crippen molar-refractivity contribution in [3.05, 3.63) is 33.9 Å². The Hall–Kier alpha value is -2.11. The van der Waals surface area contributed by atoms with Crippen molar-refractivity contribution in [1.82, 2.24) is 0 Å². The van der Waals surface area contributed by atoms with Crippen LogP contribution in [-0.4, -0.2) is 29.1 Å². The number of nitro benzene ring substituents is 1. The fourth-order valence-corrected chi connectivity index (χ4v) is 2.92. The maximum absolute atomic E-state index is 11.2. The third kappa shape index (κ3) is 3.32. The fraction of sp³-hybridized carbons (Fsp3) is 0.533. The number of hydrogen-bond acceptors (Lipinski definition) is 4. The van der Waals surface area contributed by atoms with E-state index in [0.717, 1.165) is 25.7 Å². The second kappa shape index (κ2) is 6.11. The Kier molecular flexibility index (Phi) is 4.45. The molecule has 0 amide bonds. The Labute approximate surface area is 123 Å². The molecule has 0 heterocycles. The molecule has 1 N–H and O–H groups in total. The standard InChI is InChI=1S/C15H20N2O4/c1-10-3-6-12(7-4-10)16(2)14-9-11(15(18)19)5-8-13(14)17(20)21/h5,8-10,12H,3-4,6-7H2,1-2H3,(H,18,19). The molecular formula is C15H20N2O4. The molecule has 0 aromatic heterocycles. The normalized spacial score (nSPS) is 21.8. The topological polar surface area (TPSA) is 83.7 Å². The van der Waals surface area contributed by atoms with Crippen molar-refractivity contribution in [2.45, 2.75) is 38.6 Å². The van der Waals surface area contributed by atoms with Crippen molar-refractivity contribution >= 4 is 17.3 Å². The third-order valence-electron chi connectivity index (χ3n) is 4.33. The van der Waals surface area contributed by atoms with E-state index in [-0.39, 0.29) is 17.3 Å². The smallest absolute Gasteiger partial charge is 0.335 e. The average molecular weight is 292 g/mol. The van der Waals surface area contributed by atoms with E-state index in [2.05, 4.69) is 6.92 Å². The Morgan fingerprint density at radius 1 is 1.33 bits per heavy atom. The zero-order valence-corrected chi connectivity index (χ0v) is 12.3. The molecule has 0 radical (unpaired) electrons. The summed E-state index contributed by atoms with van der Waals surface area (Å²) in [5.41, 5.74) is 0.423. The third-order valence-corrected chi connectivity index (χ3v) is 4.33. The van der Waals surface area contributed by atoms with Crippen LogP contribution >= 0.6 is 0 Å². The first-order valence-corrected chi connectivity index (χ1v) is 7.14. The number of nitro groups is 1. The minimum Gasteiger partial charge on any atom is -0.478 e. The first-order valence-electron chi connectivity index (χ1n) is 7.14. The Morgan fingerprint density at radius 3 is 2.48 bits per heavy atom. The average Bonchev–Trinajstić information content (AvgIpc) is 2.46. The van der Waals surface area contributed by atoms with Gasteiger partial charge in [-0.1, -0.05) is 6.92 Å². The number of hydrogen-bond donors (Lipinski definition) is 1.